The molecule has 1 unspecified atom stereocenters. The van der Waals surface area contributed by atoms with E-state index in [0.29, 0.717) is 6.04 Å². The highest BCUT2D eigenvalue weighted by atomic mass is 32.2. The first-order valence-electron chi connectivity index (χ1n) is 4.14. The van der Waals surface area contributed by atoms with E-state index in [0.717, 1.165) is 12.2 Å². The van der Waals surface area contributed by atoms with Gasteiger partial charge in [-0.3, -0.25) is 0 Å². The van der Waals surface area contributed by atoms with Crippen molar-refractivity contribution in [1.82, 2.24) is 0 Å². The molecule has 1 nitrogen and oxygen atoms in total. The Morgan fingerprint density at radius 1 is 1.40 bits per heavy atom. The summed E-state index contributed by atoms with van der Waals surface area (Å²) in [4.78, 5) is 0. The SMILES string of the molecule is CCCCSCC(N)CC. The number of rotatable bonds is 6. The summed E-state index contributed by atoms with van der Waals surface area (Å²) in [5, 5.41) is 0. The van der Waals surface area contributed by atoms with Gasteiger partial charge in [-0.25, -0.2) is 0 Å². The molecule has 2 heteroatoms. The van der Waals surface area contributed by atoms with Crippen molar-refractivity contribution < 1.29 is 0 Å². The molecule has 62 valence electrons. The summed E-state index contributed by atoms with van der Waals surface area (Å²) in [6, 6.07) is 0.418. The lowest BCUT2D eigenvalue weighted by Gasteiger charge is -2.06. The molecule has 0 rings (SSSR count). The maximum Gasteiger partial charge on any atom is 0.0127 e. The minimum Gasteiger partial charge on any atom is -0.327 e. The topological polar surface area (TPSA) is 26.0 Å². The second kappa shape index (κ2) is 7.42. The Hall–Kier alpha value is 0.310. The molecule has 0 aromatic rings. The fourth-order valence-electron chi connectivity index (χ4n) is 0.599. The van der Waals surface area contributed by atoms with Crippen molar-refractivity contribution in [3.8, 4) is 0 Å². The van der Waals surface area contributed by atoms with E-state index in [2.05, 4.69) is 13.8 Å². The van der Waals surface area contributed by atoms with Crippen molar-refractivity contribution in [3.05, 3.63) is 0 Å². The van der Waals surface area contributed by atoms with Crippen molar-refractivity contribution in [2.75, 3.05) is 11.5 Å². The minimum absolute atomic E-state index is 0.418. The summed E-state index contributed by atoms with van der Waals surface area (Å²) in [6.45, 7) is 4.37. The van der Waals surface area contributed by atoms with Crippen LogP contribution in [-0.2, 0) is 0 Å². The van der Waals surface area contributed by atoms with Gasteiger partial charge >= 0.3 is 0 Å². The van der Waals surface area contributed by atoms with E-state index in [9.17, 15) is 0 Å². The lowest BCUT2D eigenvalue weighted by Crippen LogP contribution is -2.21. The zero-order valence-corrected chi connectivity index (χ0v) is 7.91. The molecule has 0 aliphatic carbocycles. The van der Waals surface area contributed by atoms with Crippen LogP contribution in [0.3, 0.4) is 0 Å². The first kappa shape index (κ1) is 10.3. The summed E-state index contributed by atoms with van der Waals surface area (Å²) in [5.41, 5.74) is 5.73. The quantitative estimate of drug-likeness (QED) is 0.605. The van der Waals surface area contributed by atoms with Crippen LogP contribution >= 0.6 is 11.8 Å². The van der Waals surface area contributed by atoms with E-state index in [-0.39, 0.29) is 0 Å². The zero-order valence-electron chi connectivity index (χ0n) is 7.10. The van der Waals surface area contributed by atoms with Gasteiger partial charge in [0.05, 0.1) is 0 Å². The molecule has 2 N–H and O–H groups in total. The number of hydrogen-bond acceptors (Lipinski definition) is 2. The van der Waals surface area contributed by atoms with Crippen LogP contribution in [0, 0.1) is 0 Å². The molecule has 0 aromatic carbocycles. The van der Waals surface area contributed by atoms with Gasteiger partial charge in [0.15, 0.2) is 0 Å². The second-order valence-electron chi connectivity index (χ2n) is 2.60. The smallest absolute Gasteiger partial charge is 0.0127 e. The van der Waals surface area contributed by atoms with Crippen molar-refractivity contribution in [2.24, 2.45) is 5.73 Å². The van der Waals surface area contributed by atoms with Crippen LogP contribution in [0.25, 0.3) is 0 Å². The molecule has 0 spiro atoms. The maximum atomic E-state index is 5.73. The van der Waals surface area contributed by atoms with Crippen LogP contribution in [0.1, 0.15) is 33.1 Å². The molecule has 0 aliphatic heterocycles. The van der Waals surface area contributed by atoms with Crippen molar-refractivity contribution in [1.29, 1.82) is 0 Å². The highest BCUT2D eigenvalue weighted by molar-refractivity contribution is 7.99. The Bertz CT molecular complexity index is 66.3. The largest absolute Gasteiger partial charge is 0.327 e. The van der Waals surface area contributed by atoms with Gasteiger partial charge in [-0.15, -0.1) is 0 Å². The number of thioether (sulfide) groups is 1. The van der Waals surface area contributed by atoms with Crippen LogP contribution in [0.15, 0.2) is 0 Å². The average molecular weight is 161 g/mol. The number of unbranched alkanes of at least 4 members (excludes halogenated alkanes) is 1. The predicted molar refractivity (Wildman–Crippen MR) is 50.5 cm³/mol. The van der Waals surface area contributed by atoms with Gasteiger partial charge in [0, 0.05) is 11.8 Å². The van der Waals surface area contributed by atoms with E-state index >= 15 is 0 Å². The lowest BCUT2D eigenvalue weighted by molar-refractivity contribution is 0.724. The molecular weight excluding hydrogens is 142 g/mol. The average Bonchev–Trinajstić information content (AvgIpc) is 1.98. The Morgan fingerprint density at radius 2 is 2.10 bits per heavy atom. The molecule has 0 aromatic heterocycles. The Balaban J connectivity index is 2.89. The van der Waals surface area contributed by atoms with Crippen LogP contribution in [-0.4, -0.2) is 17.5 Å². The van der Waals surface area contributed by atoms with Gasteiger partial charge < -0.3 is 5.73 Å². The monoisotopic (exact) mass is 161 g/mol. The number of hydrogen-bond donors (Lipinski definition) is 1. The summed E-state index contributed by atoms with van der Waals surface area (Å²) in [6.07, 6.45) is 3.74. The van der Waals surface area contributed by atoms with E-state index in [1.54, 1.807) is 0 Å². The van der Waals surface area contributed by atoms with Crippen LogP contribution < -0.4 is 5.73 Å². The first-order valence-corrected chi connectivity index (χ1v) is 5.30. The molecule has 0 bridgehead atoms. The molecule has 0 fully saturated rings. The maximum absolute atomic E-state index is 5.73. The van der Waals surface area contributed by atoms with Gasteiger partial charge in [-0.05, 0) is 18.6 Å². The van der Waals surface area contributed by atoms with Gasteiger partial charge in [0.25, 0.3) is 0 Å². The van der Waals surface area contributed by atoms with Crippen molar-refractivity contribution >= 4 is 11.8 Å². The summed E-state index contributed by atoms with van der Waals surface area (Å²) in [5.74, 6) is 2.42. The van der Waals surface area contributed by atoms with Gasteiger partial charge in [-0.2, -0.15) is 11.8 Å². The highest BCUT2D eigenvalue weighted by Gasteiger charge is 1.96. The van der Waals surface area contributed by atoms with Crippen LogP contribution in [0.4, 0.5) is 0 Å². The normalized spacial score (nSPS) is 13.5. The summed E-state index contributed by atoms with van der Waals surface area (Å²) in [7, 11) is 0. The third-order valence-corrected chi connectivity index (χ3v) is 2.74. The van der Waals surface area contributed by atoms with Crippen LogP contribution in [0.2, 0.25) is 0 Å². The molecular formula is C8H19NS. The van der Waals surface area contributed by atoms with Crippen molar-refractivity contribution in [2.45, 2.75) is 39.2 Å². The van der Waals surface area contributed by atoms with Crippen LogP contribution in [0.5, 0.6) is 0 Å². The van der Waals surface area contributed by atoms with E-state index in [4.69, 9.17) is 5.73 Å². The predicted octanol–water partition coefficient (Wildman–Crippen LogP) is 2.26. The molecule has 0 heterocycles. The van der Waals surface area contributed by atoms with E-state index in [1.165, 1.54) is 18.6 Å². The molecule has 0 saturated carbocycles. The van der Waals surface area contributed by atoms with E-state index < -0.39 is 0 Å². The zero-order chi connectivity index (χ0) is 7.82. The summed E-state index contributed by atoms with van der Waals surface area (Å²) >= 11 is 1.99. The minimum atomic E-state index is 0.418. The van der Waals surface area contributed by atoms with Gasteiger partial charge in [0.2, 0.25) is 0 Å². The third-order valence-electron chi connectivity index (χ3n) is 1.50. The summed E-state index contributed by atoms with van der Waals surface area (Å²) < 4.78 is 0. The fourth-order valence-corrected chi connectivity index (χ4v) is 1.80. The fraction of sp³-hybridized carbons (Fsp3) is 1.00. The van der Waals surface area contributed by atoms with Gasteiger partial charge in [-0.1, -0.05) is 20.3 Å². The van der Waals surface area contributed by atoms with Gasteiger partial charge in [0.1, 0.15) is 0 Å². The molecule has 0 saturated heterocycles. The first-order chi connectivity index (χ1) is 4.81. The molecule has 0 radical (unpaired) electrons. The second-order valence-corrected chi connectivity index (χ2v) is 3.75. The molecule has 1 atom stereocenters. The standard InChI is InChI=1S/C8H19NS/c1-3-5-6-10-7-8(9)4-2/h8H,3-7,9H2,1-2H3. The van der Waals surface area contributed by atoms with E-state index in [1.807, 2.05) is 11.8 Å². The third kappa shape index (κ3) is 6.43. The molecule has 0 aliphatic rings. The highest BCUT2D eigenvalue weighted by Crippen LogP contribution is 2.06. The Labute approximate surface area is 68.8 Å². The Morgan fingerprint density at radius 3 is 2.60 bits per heavy atom. The molecule has 10 heavy (non-hydrogen) atoms. The lowest BCUT2D eigenvalue weighted by atomic mass is 10.3. The number of nitrogens with two attached hydrogens (primary N) is 1. The Kier molecular flexibility index (Phi) is 7.65. The van der Waals surface area contributed by atoms with Crippen molar-refractivity contribution in [3.63, 3.8) is 0 Å². The molecule has 0 amide bonds.